The van der Waals surface area contributed by atoms with Gasteiger partial charge in [0.25, 0.3) is 15.7 Å². The maximum atomic E-state index is 12.2. The molecule has 0 aliphatic heterocycles. The molecule has 0 atom stereocenters. The van der Waals surface area contributed by atoms with E-state index in [0.29, 0.717) is 5.71 Å². The van der Waals surface area contributed by atoms with E-state index in [9.17, 15) is 18.5 Å². The third kappa shape index (κ3) is 3.96. The first-order chi connectivity index (χ1) is 11.2. The van der Waals surface area contributed by atoms with Crippen molar-refractivity contribution in [2.24, 2.45) is 5.10 Å². The Labute approximate surface area is 140 Å². The number of nitro benzene ring substituents is 1. The van der Waals surface area contributed by atoms with Gasteiger partial charge < -0.3 is 0 Å². The van der Waals surface area contributed by atoms with Crippen LogP contribution in [-0.2, 0) is 10.0 Å². The Hall–Kier alpha value is -2.74. The summed E-state index contributed by atoms with van der Waals surface area (Å²) in [6.45, 7) is 5.60. The summed E-state index contributed by atoms with van der Waals surface area (Å²) in [5.41, 5.74) is 3.29. The van der Waals surface area contributed by atoms with Gasteiger partial charge in [0, 0.05) is 17.7 Å². The van der Waals surface area contributed by atoms with Gasteiger partial charge in [-0.2, -0.15) is 18.4 Å². The number of rotatable bonds is 5. The monoisotopic (exact) mass is 347 g/mol. The number of non-ortho nitro benzene ring substituents is 1. The van der Waals surface area contributed by atoms with E-state index in [1.165, 1.54) is 12.1 Å². The first-order valence-electron chi connectivity index (χ1n) is 7.09. The van der Waals surface area contributed by atoms with Crippen molar-refractivity contribution in [3.8, 4) is 0 Å². The minimum atomic E-state index is -3.89. The minimum absolute atomic E-state index is 0.0923. The smallest absolute Gasteiger partial charge is 0.258 e. The molecular weight excluding hydrogens is 330 g/mol. The standard InChI is InChI=1S/C16H17N3O4S/c1-11-4-9-16(12(2)10-11)13(3)17-18-24(22,23)15-7-5-14(6-8-15)19(20)21/h4-10,18H,1-3H3/b17-13+. The van der Waals surface area contributed by atoms with Crippen LogP contribution in [0.2, 0.25) is 0 Å². The van der Waals surface area contributed by atoms with Crippen molar-refractivity contribution >= 4 is 21.4 Å². The summed E-state index contributed by atoms with van der Waals surface area (Å²) in [5, 5.41) is 14.5. The molecule has 0 saturated carbocycles. The molecule has 126 valence electrons. The second-order valence-corrected chi connectivity index (χ2v) is 7.02. The number of hydrogen-bond donors (Lipinski definition) is 1. The SMILES string of the molecule is C/C(=N\NS(=O)(=O)c1ccc([N+](=O)[O-])cc1)c1ccc(C)cc1C. The number of hydrazone groups is 1. The lowest BCUT2D eigenvalue weighted by Gasteiger charge is -2.08. The molecular formula is C16H17N3O4S. The predicted molar refractivity (Wildman–Crippen MR) is 91.5 cm³/mol. The van der Waals surface area contributed by atoms with E-state index in [1.807, 2.05) is 32.0 Å². The molecule has 2 aromatic carbocycles. The van der Waals surface area contributed by atoms with Crippen molar-refractivity contribution in [1.29, 1.82) is 0 Å². The highest BCUT2D eigenvalue weighted by molar-refractivity contribution is 7.89. The van der Waals surface area contributed by atoms with Gasteiger partial charge in [-0.1, -0.05) is 23.8 Å². The summed E-state index contributed by atoms with van der Waals surface area (Å²) < 4.78 is 24.4. The normalized spacial score (nSPS) is 12.0. The van der Waals surface area contributed by atoms with Crippen LogP contribution >= 0.6 is 0 Å². The molecule has 0 saturated heterocycles. The zero-order chi connectivity index (χ0) is 17.9. The van der Waals surface area contributed by atoms with Crippen LogP contribution in [0.15, 0.2) is 52.5 Å². The van der Waals surface area contributed by atoms with Gasteiger partial charge >= 0.3 is 0 Å². The number of nitrogens with zero attached hydrogens (tertiary/aromatic N) is 2. The Morgan fingerprint density at radius 3 is 2.29 bits per heavy atom. The summed E-state index contributed by atoms with van der Waals surface area (Å²) in [5.74, 6) is 0. The molecule has 8 heteroatoms. The highest BCUT2D eigenvalue weighted by atomic mass is 32.2. The minimum Gasteiger partial charge on any atom is -0.258 e. The molecule has 0 unspecified atom stereocenters. The molecule has 0 amide bonds. The quantitative estimate of drug-likeness (QED) is 0.510. The van der Waals surface area contributed by atoms with Gasteiger partial charge in [-0.15, -0.1) is 0 Å². The number of hydrogen-bond acceptors (Lipinski definition) is 5. The van der Waals surface area contributed by atoms with E-state index in [-0.39, 0.29) is 10.6 Å². The number of benzene rings is 2. The fourth-order valence-electron chi connectivity index (χ4n) is 2.21. The zero-order valence-electron chi connectivity index (χ0n) is 13.5. The Morgan fingerprint density at radius 2 is 1.75 bits per heavy atom. The molecule has 0 spiro atoms. The summed E-state index contributed by atoms with van der Waals surface area (Å²) >= 11 is 0. The average Bonchev–Trinajstić information content (AvgIpc) is 2.53. The zero-order valence-corrected chi connectivity index (χ0v) is 14.3. The van der Waals surface area contributed by atoms with Crippen LogP contribution in [0.5, 0.6) is 0 Å². The summed E-state index contributed by atoms with van der Waals surface area (Å²) in [6, 6.07) is 10.4. The molecule has 1 N–H and O–H groups in total. The lowest BCUT2D eigenvalue weighted by molar-refractivity contribution is -0.384. The van der Waals surface area contributed by atoms with Crippen LogP contribution in [0.1, 0.15) is 23.6 Å². The molecule has 0 bridgehead atoms. The van der Waals surface area contributed by atoms with Crippen LogP contribution in [0.4, 0.5) is 5.69 Å². The van der Waals surface area contributed by atoms with Crippen molar-refractivity contribution in [3.05, 3.63) is 69.3 Å². The molecule has 0 heterocycles. The third-order valence-electron chi connectivity index (χ3n) is 3.46. The molecule has 0 fully saturated rings. The molecule has 0 aliphatic carbocycles. The summed E-state index contributed by atoms with van der Waals surface area (Å²) in [6.07, 6.45) is 0. The average molecular weight is 347 g/mol. The Morgan fingerprint density at radius 1 is 1.12 bits per heavy atom. The van der Waals surface area contributed by atoms with Gasteiger partial charge in [-0.25, -0.2) is 0 Å². The van der Waals surface area contributed by atoms with E-state index < -0.39 is 14.9 Å². The van der Waals surface area contributed by atoms with Gasteiger partial charge in [-0.05, 0) is 38.5 Å². The third-order valence-corrected chi connectivity index (χ3v) is 4.69. The molecule has 7 nitrogen and oxygen atoms in total. The number of nitrogens with one attached hydrogen (secondary N) is 1. The second-order valence-electron chi connectivity index (χ2n) is 5.36. The van der Waals surface area contributed by atoms with Crippen molar-refractivity contribution in [1.82, 2.24) is 4.83 Å². The van der Waals surface area contributed by atoms with Crippen molar-refractivity contribution < 1.29 is 13.3 Å². The van der Waals surface area contributed by atoms with Crippen molar-refractivity contribution in [2.45, 2.75) is 25.7 Å². The van der Waals surface area contributed by atoms with Crippen LogP contribution in [0.25, 0.3) is 0 Å². The van der Waals surface area contributed by atoms with Crippen LogP contribution in [0.3, 0.4) is 0 Å². The fraction of sp³-hybridized carbons (Fsp3) is 0.188. The molecule has 0 radical (unpaired) electrons. The second kappa shape index (κ2) is 6.79. The topological polar surface area (TPSA) is 102 Å². The van der Waals surface area contributed by atoms with E-state index in [4.69, 9.17) is 0 Å². The fourth-order valence-corrected chi connectivity index (χ4v) is 3.06. The van der Waals surface area contributed by atoms with Gasteiger partial charge in [0.1, 0.15) is 0 Å². The van der Waals surface area contributed by atoms with Crippen LogP contribution < -0.4 is 4.83 Å². The van der Waals surface area contributed by atoms with Crippen LogP contribution in [-0.4, -0.2) is 19.1 Å². The van der Waals surface area contributed by atoms with E-state index in [2.05, 4.69) is 9.93 Å². The lowest BCUT2D eigenvalue weighted by atomic mass is 10.0. The first-order valence-corrected chi connectivity index (χ1v) is 8.57. The molecule has 2 rings (SSSR count). The van der Waals surface area contributed by atoms with Gasteiger partial charge in [0.15, 0.2) is 0 Å². The summed E-state index contributed by atoms with van der Waals surface area (Å²) in [4.78, 5) is 12.1. The first kappa shape index (κ1) is 17.6. The largest absolute Gasteiger partial charge is 0.276 e. The van der Waals surface area contributed by atoms with Gasteiger partial charge in [0.05, 0.1) is 15.5 Å². The van der Waals surface area contributed by atoms with Gasteiger partial charge in [-0.3, -0.25) is 10.1 Å². The molecule has 24 heavy (non-hydrogen) atoms. The Bertz CT molecular complexity index is 903. The molecule has 2 aromatic rings. The van der Waals surface area contributed by atoms with Crippen LogP contribution in [0, 0.1) is 24.0 Å². The molecule has 0 aromatic heterocycles. The Kier molecular flexibility index (Phi) is 4.99. The number of aryl methyl sites for hydroxylation is 2. The van der Waals surface area contributed by atoms with Crippen molar-refractivity contribution in [3.63, 3.8) is 0 Å². The maximum Gasteiger partial charge on any atom is 0.276 e. The lowest BCUT2D eigenvalue weighted by Crippen LogP contribution is -2.20. The van der Waals surface area contributed by atoms with E-state index in [0.717, 1.165) is 28.8 Å². The highest BCUT2D eigenvalue weighted by Crippen LogP contribution is 2.16. The van der Waals surface area contributed by atoms with E-state index >= 15 is 0 Å². The maximum absolute atomic E-state index is 12.2. The van der Waals surface area contributed by atoms with Crippen molar-refractivity contribution in [2.75, 3.05) is 0 Å². The Balaban J connectivity index is 2.23. The number of sulfonamides is 1. The van der Waals surface area contributed by atoms with E-state index in [1.54, 1.807) is 6.92 Å². The van der Waals surface area contributed by atoms with Gasteiger partial charge in [0.2, 0.25) is 0 Å². The molecule has 0 aliphatic rings. The highest BCUT2D eigenvalue weighted by Gasteiger charge is 2.15. The summed E-state index contributed by atoms with van der Waals surface area (Å²) in [7, 11) is -3.89. The predicted octanol–water partition coefficient (Wildman–Crippen LogP) is 2.91. The number of nitro groups is 1.